The highest BCUT2D eigenvalue weighted by molar-refractivity contribution is 7.15. The number of thiazole rings is 1. The molecule has 3 aromatic heterocycles. The molecule has 0 saturated carbocycles. The van der Waals surface area contributed by atoms with Gasteiger partial charge in [-0.15, -0.1) is 11.3 Å². The van der Waals surface area contributed by atoms with Gasteiger partial charge in [0, 0.05) is 35.6 Å². The van der Waals surface area contributed by atoms with Crippen molar-refractivity contribution in [2.24, 2.45) is 0 Å². The molecule has 3 heterocycles. The molecule has 0 bridgehead atoms. The van der Waals surface area contributed by atoms with E-state index in [1.54, 1.807) is 29.3 Å². The Hall–Kier alpha value is -3.53. The van der Waals surface area contributed by atoms with E-state index < -0.39 is 11.7 Å². The number of nitrogens with one attached hydrogen (secondary N) is 1. The number of halogens is 3. The second-order valence-electron chi connectivity index (χ2n) is 7.16. The zero-order valence-corrected chi connectivity index (χ0v) is 17.7. The minimum atomic E-state index is -4.36. The average Bonchev–Trinajstić information content (AvgIpc) is 3.37. The average molecular weight is 457 g/mol. The zero-order valence-electron chi connectivity index (χ0n) is 16.9. The van der Waals surface area contributed by atoms with Crippen molar-refractivity contribution in [3.05, 3.63) is 94.0 Å². The van der Waals surface area contributed by atoms with Crippen LogP contribution in [0.15, 0.2) is 61.1 Å². The fourth-order valence-electron chi connectivity index (χ4n) is 3.08. The topological polar surface area (TPSA) is 72.7 Å². The number of alkyl halides is 3. The van der Waals surface area contributed by atoms with Crippen LogP contribution in [0.3, 0.4) is 0 Å². The van der Waals surface area contributed by atoms with E-state index in [1.165, 1.54) is 23.5 Å². The summed E-state index contributed by atoms with van der Waals surface area (Å²) in [5.41, 5.74) is 2.24. The highest BCUT2D eigenvalue weighted by Crippen LogP contribution is 2.30. The molecule has 4 aromatic rings. The summed E-state index contributed by atoms with van der Waals surface area (Å²) >= 11 is 1.26. The molecule has 0 fully saturated rings. The first-order valence-corrected chi connectivity index (χ1v) is 10.4. The fraction of sp³-hybridized carbons (Fsp3) is 0.182. The van der Waals surface area contributed by atoms with Crippen LogP contribution in [0, 0.1) is 6.92 Å². The zero-order chi connectivity index (χ0) is 22.7. The largest absolute Gasteiger partial charge is 0.416 e. The van der Waals surface area contributed by atoms with Crippen molar-refractivity contribution in [3.8, 4) is 0 Å². The molecular weight excluding hydrogens is 439 g/mol. The molecule has 0 unspecified atom stereocenters. The highest BCUT2D eigenvalue weighted by Gasteiger charge is 2.29. The number of carbonyl (C=O) groups excluding carboxylic acids is 1. The molecule has 164 valence electrons. The second-order valence-corrected chi connectivity index (χ2v) is 8.28. The third kappa shape index (κ3) is 5.38. The smallest absolute Gasteiger partial charge is 0.296 e. The van der Waals surface area contributed by atoms with Gasteiger partial charge < -0.3 is 0 Å². The summed E-state index contributed by atoms with van der Waals surface area (Å²) in [6.45, 7) is 2.43. The van der Waals surface area contributed by atoms with E-state index in [4.69, 9.17) is 0 Å². The summed E-state index contributed by atoms with van der Waals surface area (Å²) in [7, 11) is 0. The number of aromatic nitrogens is 4. The first-order chi connectivity index (χ1) is 15.3. The van der Waals surface area contributed by atoms with Gasteiger partial charge in [-0.3, -0.25) is 19.8 Å². The minimum Gasteiger partial charge on any atom is -0.296 e. The van der Waals surface area contributed by atoms with E-state index in [-0.39, 0.29) is 11.6 Å². The summed E-state index contributed by atoms with van der Waals surface area (Å²) in [5.74, 6) is -0.384. The molecule has 0 saturated heterocycles. The number of amides is 1. The number of hydrogen-bond donors (Lipinski definition) is 1. The number of anilines is 1. The normalized spacial score (nSPS) is 11.5. The number of rotatable bonds is 6. The predicted molar refractivity (Wildman–Crippen MR) is 115 cm³/mol. The van der Waals surface area contributed by atoms with Crippen LogP contribution in [0.1, 0.15) is 37.7 Å². The molecule has 0 aliphatic rings. The van der Waals surface area contributed by atoms with Gasteiger partial charge in [-0.25, -0.2) is 4.98 Å². The van der Waals surface area contributed by atoms with Crippen LogP contribution in [-0.4, -0.2) is 25.7 Å². The Labute approximate surface area is 185 Å². The first kappa shape index (κ1) is 21.7. The van der Waals surface area contributed by atoms with Crippen LogP contribution in [0.4, 0.5) is 18.3 Å². The molecule has 0 spiro atoms. The lowest BCUT2D eigenvalue weighted by molar-refractivity contribution is -0.137. The molecule has 1 amide bonds. The Balaban J connectivity index is 1.36. The monoisotopic (exact) mass is 457 g/mol. The van der Waals surface area contributed by atoms with E-state index in [0.29, 0.717) is 18.1 Å². The lowest BCUT2D eigenvalue weighted by atomic mass is 10.1. The van der Waals surface area contributed by atoms with Crippen molar-refractivity contribution in [2.45, 2.75) is 26.1 Å². The summed E-state index contributed by atoms with van der Waals surface area (Å²) in [6, 6.07) is 10.5. The van der Waals surface area contributed by atoms with E-state index in [1.807, 2.05) is 19.1 Å². The maximum absolute atomic E-state index is 12.7. The summed E-state index contributed by atoms with van der Waals surface area (Å²) in [4.78, 5) is 21.7. The molecule has 10 heteroatoms. The molecule has 1 aromatic carbocycles. The summed E-state index contributed by atoms with van der Waals surface area (Å²) < 4.78 is 39.7. The standard InChI is InChI=1S/C22H18F3N5OS/c1-14-10-16(6-8-26-14)13-30-9-7-19(29-30)20(31)28-21-27-12-18(32-21)11-15-2-4-17(5-3-15)22(23,24)25/h2-10,12H,11,13H2,1H3,(H,27,28,31). The van der Waals surface area contributed by atoms with Crippen molar-refractivity contribution in [3.63, 3.8) is 0 Å². The van der Waals surface area contributed by atoms with E-state index >= 15 is 0 Å². The highest BCUT2D eigenvalue weighted by atomic mass is 32.1. The fourth-order valence-corrected chi connectivity index (χ4v) is 3.92. The van der Waals surface area contributed by atoms with Crippen LogP contribution in [0.5, 0.6) is 0 Å². The van der Waals surface area contributed by atoms with Gasteiger partial charge in [0.25, 0.3) is 5.91 Å². The van der Waals surface area contributed by atoms with Crippen molar-refractivity contribution in [2.75, 3.05) is 5.32 Å². The van der Waals surface area contributed by atoms with Crippen LogP contribution >= 0.6 is 11.3 Å². The van der Waals surface area contributed by atoms with E-state index in [0.717, 1.165) is 33.8 Å². The van der Waals surface area contributed by atoms with Gasteiger partial charge in [-0.05, 0) is 48.4 Å². The molecule has 32 heavy (non-hydrogen) atoms. The van der Waals surface area contributed by atoms with Crippen molar-refractivity contribution in [1.29, 1.82) is 0 Å². The number of nitrogens with zero attached hydrogens (tertiary/aromatic N) is 4. The Kier molecular flexibility index (Phi) is 6.04. The van der Waals surface area contributed by atoms with Gasteiger partial charge in [0.1, 0.15) is 0 Å². The quantitative estimate of drug-likeness (QED) is 0.445. The molecule has 6 nitrogen and oxygen atoms in total. The third-order valence-electron chi connectivity index (χ3n) is 4.61. The second kappa shape index (κ2) is 8.91. The molecule has 1 N–H and O–H groups in total. The van der Waals surface area contributed by atoms with Gasteiger partial charge in [-0.1, -0.05) is 12.1 Å². The SMILES string of the molecule is Cc1cc(Cn2ccc(C(=O)Nc3ncc(Cc4ccc(C(F)(F)F)cc4)s3)n2)ccn1. The Morgan fingerprint density at radius 1 is 1.09 bits per heavy atom. The molecular formula is C22H18F3N5OS. The Morgan fingerprint density at radius 2 is 1.88 bits per heavy atom. The predicted octanol–water partition coefficient (Wildman–Crippen LogP) is 4.95. The van der Waals surface area contributed by atoms with Gasteiger partial charge >= 0.3 is 6.18 Å². The van der Waals surface area contributed by atoms with E-state index in [2.05, 4.69) is 20.4 Å². The van der Waals surface area contributed by atoms with Crippen LogP contribution in [-0.2, 0) is 19.1 Å². The number of aryl methyl sites for hydroxylation is 1. The maximum Gasteiger partial charge on any atom is 0.416 e. The summed E-state index contributed by atoms with van der Waals surface area (Å²) in [5, 5.41) is 7.42. The maximum atomic E-state index is 12.7. The van der Waals surface area contributed by atoms with Crippen LogP contribution in [0.25, 0.3) is 0 Å². The molecule has 0 aliphatic heterocycles. The van der Waals surface area contributed by atoms with Crippen LogP contribution < -0.4 is 5.32 Å². The lowest BCUT2D eigenvalue weighted by Crippen LogP contribution is -2.13. The lowest BCUT2D eigenvalue weighted by Gasteiger charge is -2.06. The first-order valence-electron chi connectivity index (χ1n) is 9.63. The molecule has 0 atom stereocenters. The van der Waals surface area contributed by atoms with Crippen molar-refractivity contribution >= 4 is 22.4 Å². The van der Waals surface area contributed by atoms with Gasteiger partial charge in [-0.2, -0.15) is 18.3 Å². The molecule has 0 radical (unpaired) electrons. The number of carbonyl (C=O) groups is 1. The third-order valence-corrected chi connectivity index (χ3v) is 5.53. The van der Waals surface area contributed by atoms with Crippen molar-refractivity contribution < 1.29 is 18.0 Å². The number of benzene rings is 1. The molecule has 0 aliphatic carbocycles. The van der Waals surface area contributed by atoms with Crippen LogP contribution in [0.2, 0.25) is 0 Å². The van der Waals surface area contributed by atoms with E-state index in [9.17, 15) is 18.0 Å². The summed E-state index contributed by atoms with van der Waals surface area (Å²) in [6.07, 6.45) is 1.12. The van der Waals surface area contributed by atoms with Gasteiger partial charge in [0.15, 0.2) is 10.8 Å². The van der Waals surface area contributed by atoms with Gasteiger partial charge in [0.05, 0.1) is 12.1 Å². The Bertz CT molecular complexity index is 1230. The molecule has 4 rings (SSSR count). The Morgan fingerprint density at radius 3 is 2.59 bits per heavy atom. The van der Waals surface area contributed by atoms with Crippen molar-refractivity contribution in [1.82, 2.24) is 19.7 Å². The number of hydrogen-bond acceptors (Lipinski definition) is 5. The number of pyridine rings is 1. The van der Waals surface area contributed by atoms with Gasteiger partial charge in [0.2, 0.25) is 0 Å². The minimum absolute atomic E-state index is 0.260.